The second-order valence-electron chi connectivity index (χ2n) is 8.20. The fraction of sp³-hybridized carbons (Fsp3) is 0.391. The summed E-state index contributed by atoms with van der Waals surface area (Å²) in [5.74, 6) is -0.0897. The van der Waals surface area contributed by atoms with E-state index in [9.17, 15) is 14.1 Å². The Hall–Kier alpha value is -2.97. The van der Waals surface area contributed by atoms with E-state index >= 15 is 0 Å². The number of nitrogens with one attached hydrogen (secondary N) is 2. The lowest BCUT2D eigenvalue weighted by Gasteiger charge is -2.32. The highest BCUT2D eigenvalue weighted by Crippen LogP contribution is 2.26. The van der Waals surface area contributed by atoms with Gasteiger partial charge >= 0.3 is 0 Å². The minimum Gasteiger partial charge on any atom is -0.593 e. The number of pyridine rings is 1. The molecule has 1 aliphatic rings. The Balaban J connectivity index is 1.41. The largest absolute Gasteiger partial charge is 0.593 e. The number of ether oxygens (including phenoxy) is 2. The number of carbonyl (C=O) groups is 2. The van der Waals surface area contributed by atoms with Gasteiger partial charge in [0.1, 0.15) is 23.8 Å². The van der Waals surface area contributed by atoms with Gasteiger partial charge in [0.15, 0.2) is 5.13 Å². The maximum Gasteiger partial charge on any atom is 0.253 e. The number of thiazole rings is 1. The van der Waals surface area contributed by atoms with Crippen molar-refractivity contribution >= 4 is 45.5 Å². The molecule has 3 unspecified atom stereocenters. The van der Waals surface area contributed by atoms with Crippen molar-refractivity contribution in [1.29, 1.82) is 0 Å². The zero-order chi connectivity index (χ0) is 25.7. The molecule has 4 rings (SSSR count). The van der Waals surface area contributed by atoms with Crippen LogP contribution in [-0.2, 0) is 25.6 Å². The third-order valence-corrected chi connectivity index (χ3v) is 7.06. The summed E-state index contributed by atoms with van der Waals surface area (Å²) in [6.07, 6.45) is 4.64. The molecule has 2 N–H and O–H groups in total. The fourth-order valence-electron chi connectivity index (χ4n) is 3.67. The molecule has 0 radical (unpaired) electrons. The summed E-state index contributed by atoms with van der Waals surface area (Å²) in [4.78, 5) is 36.9. The Morgan fingerprint density at radius 2 is 2.17 bits per heavy atom. The van der Waals surface area contributed by atoms with E-state index in [0.29, 0.717) is 23.1 Å². The van der Waals surface area contributed by atoms with Gasteiger partial charge in [-0.1, -0.05) is 6.07 Å². The number of methoxy groups -OCH3 is 1. The molecule has 3 atom stereocenters. The van der Waals surface area contributed by atoms with E-state index in [2.05, 4.69) is 20.5 Å². The summed E-state index contributed by atoms with van der Waals surface area (Å²) in [6.45, 7) is 4.20. The van der Waals surface area contributed by atoms with Crippen molar-refractivity contribution in [3.63, 3.8) is 0 Å². The lowest BCUT2D eigenvalue weighted by Crippen LogP contribution is -2.46. The molecular weight excluding hydrogens is 504 g/mol. The summed E-state index contributed by atoms with van der Waals surface area (Å²) in [5, 5.41) is 7.60. The van der Waals surface area contributed by atoms with E-state index in [4.69, 9.17) is 14.5 Å². The van der Waals surface area contributed by atoms with Crippen LogP contribution >= 0.6 is 11.3 Å². The summed E-state index contributed by atoms with van der Waals surface area (Å²) in [5.41, 5.74) is 1.62. The van der Waals surface area contributed by atoms with Gasteiger partial charge in [-0.25, -0.2) is 9.97 Å². The summed E-state index contributed by atoms with van der Waals surface area (Å²) >= 11 is -0.0176. The van der Waals surface area contributed by atoms with Crippen molar-refractivity contribution in [2.24, 2.45) is 0 Å². The Morgan fingerprint density at radius 3 is 2.89 bits per heavy atom. The number of anilines is 2. The van der Waals surface area contributed by atoms with Crippen molar-refractivity contribution in [1.82, 2.24) is 19.3 Å². The first-order valence-corrected chi connectivity index (χ1v) is 13.7. The molecule has 0 saturated carbocycles. The standard InChI is InChI=1S/C23H28N6O5S2/c1-15-11-28(9-10-34-15)20-6-4-5-17(24-20)19-14-35-23(26-19)27-22(31)18(13-33-2)25-21(30)16-7-8-29(12-16)36(3)32/h4-8,12,14-15,18H,9-11,13H2,1-3H3,(H,25,30)(H,26,27,31). The van der Waals surface area contributed by atoms with E-state index in [1.165, 1.54) is 47.1 Å². The first-order valence-electron chi connectivity index (χ1n) is 11.3. The average molecular weight is 533 g/mol. The molecule has 4 heterocycles. The zero-order valence-corrected chi connectivity index (χ0v) is 21.8. The highest BCUT2D eigenvalue weighted by atomic mass is 32.2. The van der Waals surface area contributed by atoms with Crippen LogP contribution in [0.15, 0.2) is 42.0 Å². The van der Waals surface area contributed by atoms with E-state index in [1.54, 1.807) is 0 Å². The molecule has 36 heavy (non-hydrogen) atoms. The Bertz CT molecular complexity index is 1200. The molecule has 11 nitrogen and oxygen atoms in total. The van der Waals surface area contributed by atoms with Crippen LogP contribution in [0.1, 0.15) is 17.3 Å². The molecule has 3 aromatic heterocycles. The van der Waals surface area contributed by atoms with Gasteiger partial charge in [0.25, 0.3) is 11.8 Å². The normalized spacial score (nSPS) is 17.4. The van der Waals surface area contributed by atoms with Crippen molar-refractivity contribution in [2.75, 3.05) is 49.9 Å². The first-order chi connectivity index (χ1) is 17.3. The van der Waals surface area contributed by atoms with Crippen LogP contribution in [0.25, 0.3) is 11.4 Å². The molecule has 1 fully saturated rings. The number of amides is 2. The van der Waals surface area contributed by atoms with Crippen LogP contribution in [-0.4, -0.2) is 82.1 Å². The molecule has 0 aromatic carbocycles. The predicted octanol–water partition coefficient (Wildman–Crippen LogP) is 1.76. The van der Waals surface area contributed by atoms with Crippen LogP contribution in [0.3, 0.4) is 0 Å². The van der Waals surface area contributed by atoms with Gasteiger partial charge in [-0.05, 0) is 25.1 Å². The van der Waals surface area contributed by atoms with Crippen molar-refractivity contribution in [3.8, 4) is 11.4 Å². The third-order valence-electron chi connectivity index (χ3n) is 5.48. The van der Waals surface area contributed by atoms with E-state index in [1.807, 2.05) is 30.5 Å². The van der Waals surface area contributed by atoms with Gasteiger partial charge < -0.3 is 29.6 Å². The molecule has 0 spiro atoms. The van der Waals surface area contributed by atoms with Crippen molar-refractivity contribution in [3.05, 3.63) is 47.6 Å². The minimum absolute atomic E-state index is 0.0300. The van der Waals surface area contributed by atoms with Gasteiger partial charge in [0, 0.05) is 25.6 Å². The van der Waals surface area contributed by atoms with Crippen LogP contribution in [0.2, 0.25) is 0 Å². The van der Waals surface area contributed by atoms with Crippen LogP contribution in [0.5, 0.6) is 0 Å². The highest BCUT2D eigenvalue weighted by Gasteiger charge is 2.24. The van der Waals surface area contributed by atoms with E-state index in [-0.39, 0.29) is 18.3 Å². The smallest absolute Gasteiger partial charge is 0.253 e. The Kier molecular flexibility index (Phi) is 8.59. The maximum atomic E-state index is 12.9. The second-order valence-corrected chi connectivity index (χ2v) is 10.3. The molecule has 3 aromatic rings. The number of nitrogens with zero attached hydrogens (tertiary/aromatic N) is 4. The first kappa shape index (κ1) is 26.1. The summed E-state index contributed by atoms with van der Waals surface area (Å²) in [7, 11) is 1.44. The predicted molar refractivity (Wildman–Crippen MR) is 139 cm³/mol. The summed E-state index contributed by atoms with van der Waals surface area (Å²) in [6, 6.07) is 6.35. The second kappa shape index (κ2) is 11.8. The Morgan fingerprint density at radius 1 is 1.33 bits per heavy atom. The van der Waals surface area contributed by atoms with Crippen LogP contribution in [0.4, 0.5) is 10.9 Å². The number of rotatable bonds is 9. The number of carbonyl (C=O) groups excluding carboxylic acids is 2. The van der Waals surface area contributed by atoms with Gasteiger partial charge in [0.2, 0.25) is 0 Å². The molecule has 1 aliphatic heterocycles. The van der Waals surface area contributed by atoms with E-state index < -0.39 is 29.2 Å². The van der Waals surface area contributed by atoms with Crippen molar-refractivity contribution in [2.45, 2.75) is 19.1 Å². The van der Waals surface area contributed by atoms with Gasteiger partial charge in [-0.15, -0.1) is 11.3 Å². The topological polar surface area (TPSA) is 134 Å². The van der Waals surface area contributed by atoms with E-state index in [0.717, 1.165) is 18.9 Å². The maximum absolute atomic E-state index is 12.9. The average Bonchev–Trinajstić information content (AvgIpc) is 3.54. The van der Waals surface area contributed by atoms with Gasteiger partial charge in [0.05, 0.1) is 54.3 Å². The van der Waals surface area contributed by atoms with Crippen LogP contribution in [0, 0.1) is 0 Å². The molecule has 13 heteroatoms. The lowest BCUT2D eigenvalue weighted by atomic mass is 10.2. The SMILES string of the molecule is COCC(NC(=O)c1ccn([S+](C)[O-])c1)C(=O)Nc1nc(-c2cccc(N3CCOC(C)C3)n2)cs1. The number of hydrogen-bond acceptors (Lipinski definition) is 9. The van der Waals surface area contributed by atoms with Crippen LogP contribution < -0.4 is 15.5 Å². The quantitative estimate of drug-likeness (QED) is 0.398. The molecule has 0 bridgehead atoms. The minimum atomic E-state index is -1.28. The molecular formula is C23H28N6O5S2. The number of aromatic nitrogens is 3. The molecule has 192 valence electrons. The van der Waals surface area contributed by atoms with Crippen molar-refractivity contribution < 1.29 is 23.6 Å². The fourth-order valence-corrected chi connectivity index (χ4v) is 4.87. The summed E-state index contributed by atoms with van der Waals surface area (Å²) < 4.78 is 23.7. The number of morpholine rings is 1. The Labute approximate surface area is 216 Å². The monoisotopic (exact) mass is 532 g/mol. The molecule has 2 amide bonds. The number of hydrogen-bond donors (Lipinski definition) is 2. The zero-order valence-electron chi connectivity index (χ0n) is 20.2. The molecule has 1 saturated heterocycles. The third kappa shape index (κ3) is 6.42. The van der Waals surface area contributed by atoms with Gasteiger partial charge in [-0.3, -0.25) is 9.59 Å². The van der Waals surface area contributed by atoms with Gasteiger partial charge in [-0.2, -0.15) is 3.97 Å². The molecule has 0 aliphatic carbocycles. The highest BCUT2D eigenvalue weighted by molar-refractivity contribution is 7.89. The lowest BCUT2D eigenvalue weighted by molar-refractivity contribution is -0.119.